The van der Waals surface area contributed by atoms with Crippen LogP contribution in [0.15, 0.2) is 24.2 Å². The van der Waals surface area contributed by atoms with Crippen LogP contribution < -0.4 is 0 Å². The van der Waals surface area contributed by atoms with Crippen LogP contribution in [0.3, 0.4) is 0 Å². The Balaban J connectivity index is 2.30. The van der Waals surface area contributed by atoms with E-state index in [1.54, 1.807) is 22.3 Å². The molecule has 3 heterocycles. The lowest BCUT2D eigenvalue weighted by atomic mass is 10.5. The van der Waals surface area contributed by atoms with Crippen LogP contribution in [-0.2, 0) is 5.33 Å². The molecule has 0 fully saturated rings. The average molecular weight is 284 g/mol. The number of hydrogen-bond acceptors (Lipinski definition) is 4. The van der Waals surface area contributed by atoms with Gasteiger partial charge in [-0.05, 0) is 0 Å². The van der Waals surface area contributed by atoms with Crippen LogP contribution in [-0.4, -0.2) is 24.1 Å². The van der Waals surface area contributed by atoms with Gasteiger partial charge < -0.3 is 0 Å². The maximum absolute atomic E-state index is 4.50. The van der Waals surface area contributed by atoms with Gasteiger partial charge in [0.15, 0.2) is 10.8 Å². The quantitative estimate of drug-likeness (QED) is 0.675. The fourth-order valence-corrected chi connectivity index (χ4v) is 2.70. The summed E-state index contributed by atoms with van der Waals surface area (Å²) in [5.41, 5.74) is 1.08. The maximum Gasteiger partial charge on any atom is 0.195 e. The molecule has 3 aromatic heterocycles. The standard InChI is InChI=1S/C8H6BrN5S/c9-3-6-7(14-5-10-4-11-14)12-8-13(6)1-2-15-8/h1-2,4-5H,3H2. The number of halogens is 1. The molecule has 0 aliphatic carbocycles. The molecule has 0 saturated heterocycles. The molecule has 0 aliphatic heterocycles. The number of rotatable bonds is 2. The summed E-state index contributed by atoms with van der Waals surface area (Å²) in [5, 5.41) is 6.83. The van der Waals surface area contributed by atoms with E-state index in [2.05, 4.69) is 35.4 Å². The predicted octanol–water partition coefficient (Wildman–Crippen LogP) is 1.87. The van der Waals surface area contributed by atoms with E-state index >= 15 is 0 Å². The van der Waals surface area contributed by atoms with E-state index < -0.39 is 0 Å². The largest absolute Gasteiger partial charge is 0.292 e. The van der Waals surface area contributed by atoms with Crippen molar-refractivity contribution in [1.29, 1.82) is 0 Å². The minimum absolute atomic E-state index is 0.736. The topological polar surface area (TPSA) is 48.0 Å². The molecule has 0 aliphatic rings. The fraction of sp³-hybridized carbons (Fsp3) is 0.125. The summed E-state index contributed by atoms with van der Waals surface area (Å²) >= 11 is 5.07. The summed E-state index contributed by atoms with van der Waals surface area (Å²) < 4.78 is 3.73. The molecule has 76 valence electrons. The number of imidazole rings is 1. The molecule has 0 saturated carbocycles. The number of hydrogen-bond donors (Lipinski definition) is 0. The third-order valence-electron chi connectivity index (χ3n) is 2.10. The Morgan fingerprint density at radius 2 is 2.40 bits per heavy atom. The Kier molecular flexibility index (Phi) is 2.06. The third-order valence-corrected chi connectivity index (χ3v) is 3.39. The van der Waals surface area contributed by atoms with Crippen molar-refractivity contribution in [2.45, 2.75) is 5.33 Å². The number of alkyl halides is 1. The molecule has 3 rings (SSSR count). The number of nitrogens with zero attached hydrogens (tertiary/aromatic N) is 5. The zero-order valence-corrected chi connectivity index (χ0v) is 9.94. The van der Waals surface area contributed by atoms with Crippen molar-refractivity contribution in [3.63, 3.8) is 0 Å². The maximum atomic E-state index is 4.50. The predicted molar refractivity (Wildman–Crippen MR) is 60.6 cm³/mol. The zero-order chi connectivity index (χ0) is 10.3. The van der Waals surface area contributed by atoms with Crippen LogP contribution >= 0.6 is 27.3 Å². The normalized spacial score (nSPS) is 11.3. The lowest BCUT2D eigenvalue weighted by Crippen LogP contribution is -1.99. The Labute approximate surface area is 97.5 Å². The first kappa shape index (κ1) is 9.05. The Morgan fingerprint density at radius 3 is 3.13 bits per heavy atom. The van der Waals surface area contributed by atoms with Gasteiger partial charge in [-0.1, -0.05) is 15.9 Å². The van der Waals surface area contributed by atoms with Gasteiger partial charge >= 0.3 is 0 Å². The summed E-state index contributed by atoms with van der Waals surface area (Å²) in [6.07, 6.45) is 5.16. The molecule has 0 aromatic carbocycles. The highest BCUT2D eigenvalue weighted by molar-refractivity contribution is 9.08. The number of fused-ring (bicyclic) bond motifs is 1. The molecule has 0 N–H and O–H groups in total. The highest BCUT2D eigenvalue weighted by Crippen LogP contribution is 2.21. The smallest absolute Gasteiger partial charge is 0.195 e. The van der Waals surface area contributed by atoms with Gasteiger partial charge in [0.1, 0.15) is 12.7 Å². The molecular weight excluding hydrogens is 278 g/mol. The van der Waals surface area contributed by atoms with E-state index in [-0.39, 0.29) is 0 Å². The Bertz CT molecular complexity index is 581. The van der Waals surface area contributed by atoms with Gasteiger partial charge in [-0.25, -0.2) is 9.67 Å². The first-order chi connectivity index (χ1) is 7.40. The Morgan fingerprint density at radius 1 is 1.47 bits per heavy atom. The van der Waals surface area contributed by atoms with Gasteiger partial charge in [0.05, 0.1) is 5.69 Å². The van der Waals surface area contributed by atoms with Gasteiger partial charge in [0, 0.05) is 16.9 Å². The van der Waals surface area contributed by atoms with Crippen LogP contribution in [0.25, 0.3) is 10.8 Å². The summed E-state index contributed by atoms with van der Waals surface area (Å²) in [6.45, 7) is 0. The second kappa shape index (κ2) is 3.42. The highest BCUT2D eigenvalue weighted by Gasteiger charge is 2.13. The van der Waals surface area contributed by atoms with Gasteiger partial charge in [-0.3, -0.25) is 4.40 Å². The summed E-state index contributed by atoms with van der Waals surface area (Å²) in [6, 6.07) is 0. The first-order valence-corrected chi connectivity index (χ1v) is 6.25. The van der Waals surface area contributed by atoms with Gasteiger partial charge in [0.2, 0.25) is 0 Å². The van der Waals surface area contributed by atoms with E-state index in [1.165, 1.54) is 6.33 Å². The van der Waals surface area contributed by atoms with E-state index in [0.717, 1.165) is 21.8 Å². The molecule has 0 amide bonds. The van der Waals surface area contributed by atoms with E-state index in [1.807, 2.05) is 11.6 Å². The third kappa shape index (κ3) is 1.30. The molecule has 0 radical (unpaired) electrons. The van der Waals surface area contributed by atoms with Crippen LogP contribution in [0.1, 0.15) is 5.69 Å². The van der Waals surface area contributed by atoms with Crippen molar-refractivity contribution in [3.8, 4) is 5.82 Å². The lowest BCUT2D eigenvalue weighted by Gasteiger charge is -1.98. The van der Waals surface area contributed by atoms with Crippen molar-refractivity contribution < 1.29 is 0 Å². The Hall–Kier alpha value is -1.21. The number of aromatic nitrogens is 5. The van der Waals surface area contributed by atoms with Gasteiger partial charge in [-0.2, -0.15) is 10.1 Å². The minimum atomic E-state index is 0.736. The average Bonchev–Trinajstić information content (AvgIpc) is 2.93. The molecule has 5 nitrogen and oxygen atoms in total. The zero-order valence-electron chi connectivity index (χ0n) is 7.54. The molecule has 0 atom stereocenters. The van der Waals surface area contributed by atoms with Crippen molar-refractivity contribution in [1.82, 2.24) is 24.1 Å². The molecular formula is C8H6BrN5S. The van der Waals surface area contributed by atoms with E-state index in [9.17, 15) is 0 Å². The van der Waals surface area contributed by atoms with Crippen molar-refractivity contribution in [2.24, 2.45) is 0 Å². The molecule has 0 bridgehead atoms. The van der Waals surface area contributed by atoms with Crippen molar-refractivity contribution >= 4 is 32.2 Å². The van der Waals surface area contributed by atoms with Crippen LogP contribution in [0.5, 0.6) is 0 Å². The first-order valence-electron chi connectivity index (χ1n) is 4.25. The van der Waals surface area contributed by atoms with Crippen LogP contribution in [0, 0.1) is 0 Å². The fourth-order valence-electron chi connectivity index (χ4n) is 1.45. The van der Waals surface area contributed by atoms with Crippen molar-refractivity contribution in [2.75, 3.05) is 0 Å². The molecule has 15 heavy (non-hydrogen) atoms. The second-order valence-electron chi connectivity index (χ2n) is 2.91. The van der Waals surface area contributed by atoms with Crippen molar-refractivity contribution in [3.05, 3.63) is 29.9 Å². The van der Waals surface area contributed by atoms with Gasteiger partial charge in [-0.15, -0.1) is 11.3 Å². The number of thiazole rings is 1. The minimum Gasteiger partial charge on any atom is -0.292 e. The van der Waals surface area contributed by atoms with Crippen LogP contribution in [0.2, 0.25) is 0 Å². The van der Waals surface area contributed by atoms with Crippen LogP contribution in [0.4, 0.5) is 0 Å². The van der Waals surface area contributed by atoms with E-state index in [0.29, 0.717) is 0 Å². The summed E-state index contributed by atoms with van der Waals surface area (Å²) in [7, 11) is 0. The molecule has 3 aromatic rings. The molecule has 7 heteroatoms. The lowest BCUT2D eigenvalue weighted by molar-refractivity contribution is 0.842. The van der Waals surface area contributed by atoms with E-state index in [4.69, 9.17) is 0 Å². The monoisotopic (exact) mass is 283 g/mol. The van der Waals surface area contributed by atoms with Gasteiger partial charge in [0.25, 0.3) is 0 Å². The molecule has 0 spiro atoms. The second-order valence-corrected chi connectivity index (χ2v) is 4.35. The highest BCUT2D eigenvalue weighted by atomic mass is 79.9. The molecule has 0 unspecified atom stereocenters. The summed E-state index contributed by atoms with van der Waals surface area (Å²) in [5.74, 6) is 0.830. The SMILES string of the molecule is BrCc1c(-n2cncn2)nc2sccn12. The summed E-state index contributed by atoms with van der Waals surface area (Å²) in [4.78, 5) is 9.38.